The Hall–Kier alpha value is -4.50. The number of benzene rings is 3. The predicted molar refractivity (Wildman–Crippen MR) is 139 cm³/mol. The summed E-state index contributed by atoms with van der Waals surface area (Å²) in [6.07, 6.45) is 2.66. The van der Waals surface area contributed by atoms with Crippen LogP contribution in [-0.4, -0.2) is 30.3 Å². The molecule has 0 saturated carbocycles. The molecule has 0 saturated heterocycles. The minimum Gasteiger partial charge on any atom is -0.486 e. The van der Waals surface area contributed by atoms with Crippen molar-refractivity contribution < 1.29 is 18.7 Å². The smallest absolute Gasteiger partial charge is 0.280 e. The number of aromatic nitrogens is 1. The highest BCUT2D eigenvalue weighted by Crippen LogP contribution is 2.34. The van der Waals surface area contributed by atoms with Crippen LogP contribution in [-0.2, 0) is 0 Å². The summed E-state index contributed by atoms with van der Waals surface area (Å²) in [4.78, 5) is 31.3. The minimum absolute atomic E-state index is 0.214. The van der Waals surface area contributed by atoms with E-state index in [4.69, 9.17) is 13.9 Å². The molecule has 9 heteroatoms. The van der Waals surface area contributed by atoms with E-state index in [1.165, 1.54) is 28.8 Å². The average Bonchev–Trinajstić information content (AvgIpc) is 3.32. The number of fused-ring (bicyclic) bond motifs is 3. The monoisotopic (exact) mass is 497 g/mol. The molecule has 3 aromatic carbocycles. The Balaban J connectivity index is 1.43. The molecule has 6 rings (SSSR count). The molecule has 0 aliphatic carbocycles. The molecular weight excluding hydrogens is 478 g/mol. The van der Waals surface area contributed by atoms with Crippen molar-refractivity contribution in [1.29, 1.82) is 0 Å². The van der Waals surface area contributed by atoms with Crippen LogP contribution in [0.1, 0.15) is 21.5 Å². The lowest BCUT2D eigenvalue weighted by atomic mass is 10.2. The molecule has 2 aromatic heterocycles. The summed E-state index contributed by atoms with van der Waals surface area (Å²) in [5.74, 6) is 0.646. The number of nitrogens with zero attached hydrogens (tertiary/aromatic N) is 3. The summed E-state index contributed by atoms with van der Waals surface area (Å²) >= 11 is 1.34. The number of thiazole rings is 1. The maximum Gasteiger partial charge on any atom is 0.280 e. The van der Waals surface area contributed by atoms with Gasteiger partial charge in [-0.2, -0.15) is 10.1 Å². The van der Waals surface area contributed by atoms with Gasteiger partial charge in [-0.1, -0.05) is 29.5 Å². The van der Waals surface area contributed by atoms with E-state index in [1.807, 2.05) is 25.1 Å². The van der Waals surface area contributed by atoms with Crippen LogP contribution in [0.25, 0.3) is 21.2 Å². The molecule has 0 atom stereocenters. The lowest BCUT2D eigenvalue weighted by Crippen LogP contribution is -2.26. The topological polar surface area (TPSA) is 94.2 Å². The molecule has 0 radical (unpaired) electrons. The molecule has 5 aromatic rings. The zero-order chi connectivity index (χ0) is 24.6. The first-order valence-corrected chi connectivity index (χ1v) is 12.0. The first-order valence-electron chi connectivity index (χ1n) is 11.2. The van der Waals surface area contributed by atoms with Gasteiger partial charge in [0.1, 0.15) is 25.1 Å². The molecule has 0 bridgehead atoms. The largest absolute Gasteiger partial charge is 0.486 e. The highest BCUT2D eigenvalue weighted by molar-refractivity contribution is 7.22. The van der Waals surface area contributed by atoms with Crippen LogP contribution < -0.4 is 19.9 Å². The summed E-state index contributed by atoms with van der Waals surface area (Å²) in [6, 6.07) is 17.8. The summed E-state index contributed by atoms with van der Waals surface area (Å²) in [5, 5.41) is 6.41. The van der Waals surface area contributed by atoms with Gasteiger partial charge in [0.15, 0.2) is 11.5 Å². The fourth-order valence-corrected chi connectivity index (χ4v) is 4.92. The highest BCUT2D eigenvalue weighted by atomic mass is 32.1. The van der Waals surface area contributed by atoms with Gasteiger partial charge in [0.2, 0.25) is 10.6 Å². The van der Waals surface area contributed by atoms with Crippen molar-refractivity contribution in [2.45, 2.75) is 6.92 Å². The molecule has 1 aliphatic rings. The van der Waals surface area contributed by atoms with E-state index in [-0.39, 0.29) is 11.0 Å². The molecule has 1 amide bonds. The van der Waals surface area contributed by atoms with Crippen molar-refractivity contribution in [2.75, 3.05) is 18.2 Å². The van der Waals surface area contributed by atoms with Crippen LogP contribution in [0.5, 0.6) is 11.5 Å². The Morgan fingerprint density at radius 2 is 1.89 bits per heavy atom. The molecule has 36 heavy (non-hydrogen) atoms. The molecule has 0 unspecified atom stereocenters. The second-order valence-electron chi connectivity index (χ2n) is 8.20. The maximum atomic E-state index is 13.7. The average molecular weight is 498 g/mol. The van der Waals surface area contributed by atoms with E-state index in [9.17, 15) is 9.59 Å². The quantitative estimate of drug-likeness (QED) is 0.251. The number of hydrogen-bond acceptors (Lipinski definition) is 8. The van der Waals surface area contributed by atoms with Gasteiger partial charge in [-0.25, -0.2) is 4.98 Å². The predicted octanol–water partition coefficient (Wildman–Crippen LogP) is 5.16. The van der Waals surface area contributed by atoms with E-state index in [0.29, 0.717) is 46.4 Å². The number of para-hydroxylation sites is 1. The fourth-order valence-electron chi connectivity index (χ4n) is 3.90. The van der Waals surface area contributed by atoms with Crippen LogP contribution in [0.3, 0.4) is 0 Å². The van der Waals surface area contributed by atoms with Gasteiger partial charge in [0, 0.05) is 5.56 Å². The van der Waals surface area contributed by atoms with Crippen LogP contribution in [0.15, 0.2) is 81.2 Å². The third kappa shape index (κ3) is 3.99. The third-order valence-electron chi connectivity index (χ3n) is 5.71. The first-order chi connectivity index (χ1) is 17.6. The number of rotatable bonds is 4. The van der Waals surface area contributed by atoms with Gasteiger partial charge in [-0.3, -0.25) is 9.59 Å². The zero-order valence-electron chi connectivity index (χ0n) is 19.1. The fraction of sp³-hybridized carbons (Fsp3) is 0.111. The van der Waals surface area contributed by atoms with Crippen LogP contribution >= 0.6 is 11.3 Å². The molecule has 8 nitrogen and oxygen atoms in total. The lowest BCUT2D eigenvalue weighted by molar-refractivity contribution is 0.0986. The van der Waals surface area contributed by atoms with Crippen LogP contribution in [0, 0.1) is 6.92 Å². The SMILES string of the molecule is Cc1ccc2nc(N(/N=C/c3coc4ccccc4c3=O)C(=O)c3ccc4c(c3)OCCO4)sc2c1. The standard InChI is InChI=1S/C27H19N3O5S/c1-16-6-8-20-24(12-16)36-27(29-20)30(26(32)17-7-9-22-23(13-17)34-11-10-33-22)28-14-18-15-35-21-5-3-2-4-19(21)25(18)31/h2-9,12-15H,10-11H2,1H3/b28-14+. The first kappa shape index (κ1) is 22.0. The minimum atomic E-state index is -0.427. The van der Waals surface area contributed by atoms with E-state index in [0.717, 1.165) is 15.8 Å². The molecular formula is C27H19N3O5S. The maximum absolute atomic E-state index is 13.7. The summed E-state index contributed by atoms with van der Waals surface area (Å²) in [6.45, 7) is 2.85. The van der Waals surface area contributed by atoms with Crippen molar-refractivity contribution in [2.24, 2.45) is 5.10 Å². The number of anilines is 1. The molecule has 0 N–H and O–H groups in total. The number of hydrogen-bond donors (Lipinski definition) is 0. The Morgan fingerprint density at radius 1 is 1.06 bits per heavy atom. The number of carbonyl (C=O) groups excluding carboxylic acids is 1. The van der Waals surface area contributed by atoms with Crippen LogP contribution in [0.4, 0.5) is 5.13 Å². The van der Waals surface area contributed by atoms with Gasteiger partial charge in [0.25, 0.3) is 5.91 Å². The number of ether oxygens (including phenoxy) is 2. The van der Waals surface area contributed by atoms with Crippen molar-refractivity contribution in [3.05, 3.63) is 93.8 Å². The van der Waals surface area contributed by atoms with Crippen molar-refractivity contribution in [3.8, 4) is 11.5 Å². The van der Waals surface area contributed by atoms with Crippen molar-refractivity contribution >= 4 is 49.8 Å². The number of amides is 1. The summed E-state index contributed by atoms with van der Waals surface area (Å²) in [7, 11) is 0. The van der Waals surface area contributed by atoms with E-state index < -0.39 is 5.91 Å². The van der Waals surface area contributed by atoms with Crippen LogP contribution in [0.2, 0.25) is 0 Å². The van der Waals surface area contributed by atoms with Gasteiger partial charge >= 0.3 is 0 Å². The Kier molecular flexibility index (Phi) is 5.46. The molecule has 1 aliphatic heterocycles. The van der Waals surface area contributed by atoms with Gasteiger partial charge in [-0.15, -0.1) is 0 Å². The summed E-state index contributed by atoms with van der Waals surface area (Å²) < 4.78 is 17.7. The number of hydrazone groups is 1. The second-order valence-corrected chi connectivity index (χ2v) is 9.21. The van der Waals surface area contributed by atoms with Gasteiger partial charge < -0.3 is 13.9 Å². The number of carbonyl (C=O) groups is 1. The third-order valence-corrected chi connectivity index (χ3v) is 6.71. The Bertz CT molecular complexity index is 1720. The Morgan fingerprint density at radius 3 is 2.78 bits per heavy atom. The summed E-state index contributed by atoms with van der Waals surface area (Å²) in [5.41, 5.74) is 2.63. The second kappa shape index (κ2) is 8.94. The normalized spacial score (nSPS) is 12.9. The Labute approximate surface area is 209 Å². The van der Waals surface area contributed by atoms with E-state index in [2.05, 4.69) is 10.1 Å². The van der Waals surface area contributed by atoms with Crippen molar-refractivity contribution in [3.63, 3.8) is 0 Å². The molecule has 178 valence electrons. The molecule has 0 spiro atoms. The highest BCUT2D eigenvalue weighted by Gasteiger charge is 2.23. The molecule has 3 heterocycles. The zero-order valence-corrected chi connectivity index (χ0v) is 20.0. The molecule has 0 fully saturated rings. The van der Waals surface area contributed by atoms with Crippen molar-refractivity contribution in [1.82, 2.24) is 4.98 Å². The van der Waals surface area contributed by atoms with Gasteiger partial charge in [0.05, 0.1) is 27.4 Å². The van der Waals surface area contributed by atoms with E-state index >= 15 is 0 Å². The van der Waals surface area contributed by atoms with E-state index in [1.54, 1.807) is 42.5 Å². The lowest BCUT2D eigenvalue weighted by Gasteiger charge is -2.19. The van der Waals surface area contributed by atoms with Gasteiger partial charge in [-0.05, 0) is 55.0 Å². The number of aryl methyl sites for hydroxylation is 1.